The average Bonchev–Trinajstić information content (AvgIpc) is 1.52. The molecule has 5 aliphatic carbocycles. The third-order valence-corrected chi connectivity index (χ3v) is 23.1. The summed E-state index contributed by atoms with van der Waals surface area (Å²) in [6.45, 7) is 7.84. The molecule has 0 spiro atoms. The van der Waals surface area contributed by atoms with Crippen LogP contribution in [0.25, 0.3) is 66.7 Å². The van der Waals surface area contributed by atoms with Gasteiger partial charge in [0, 0.05) is 61.6 Å². The predicted molar refractivity (Wildman–Crippen MR) is 415 cm³/mol. The molecule has 108 heavy (non-hydrogen) atoms. The Balaban J connectivity index is 0.839. The zero-order valence-electron chi connectivity index (χ0n) is 58.0. The Bertz CT molecular complexity index is 6100. The Labute approximate surface area is 617 Å². The average molecular weight is 1440 g/mol. The van der Waals surface area contributed by atoms with E-state index in [9.17, 15) is 0 Å². The number of fused-ring (bicyclic) bond motifs is 10. The second-order valence-corrected chi connectivity index (χ2v) is 28.5. The largest absolute Gasteiger partial charge is 0.310 e. The Morgan fingerprint density at radius 3 is 1.62 bits per heavy atom. The van der Waals surface area contributed by atoms with Crippen molar-refractivity contribution < 1.29 is 43.9 Å². The third kappa shape index (κ3) is 10.3. The fraction of sp³-hybridized carbons (Fsp3) is 0.104. The van der Waals surface area contributed by atoms with Crippen LogP contribution >= 0.6 is 0 Å². The van der Waals surface area contributed by atoms with Crippen molar-refractivity contribution in [3.8, 4) is 22.3 Å². The molecule has 2 nitrogen and oxygen atoms in total. The Morgan fingerprint density at radius 2 is 0.963 bits per heavy atom. The summed E-state index contributed by atoms with van der Waals surface area (Å²) in [6.07, 6.45) is 22.4. The van der Waals surface area contributed by atoms with E-state index < -0.39 is 97.9 Å². The van der Waals surface area contributed by atoms with Crippen LogP contribution in [0.1, 0.15) is 80.8 Å². The first-order valence-corrected chi connectivity index (χ1v) is 36.0. The van der Waals surface area contributed by atoms with Crippen molar-refractivity contribution in [2.75, 3.05) is 9.80 Å². The van der Waals surface area contributed by atoms with Gasteiger partial charge < -0.3 is 9.80 Å². The van der Waals surface area contributed by atoms with Crippen molar-refractivity contribution >= 4 is 78.6 Å². The molecule has 13 aromatic carbocycles. The van der Waals surface area contributed by atoms with Gasteiger partial charge in [0.25, 0.3) is 0 Å². The van der Waals surface area contributed by atoms with Gasteiger partial charge in [0.1, 0.15) is 0 Å². The lowest BCUT2D eigenvalue weighted by Crippen LogP contribution is -2.38. The smallest absolute Gasteiger partial charge is 0.200 e. The summed E-state index contributed by atoms with van der Waals surface area (Å²) in [5.74, 6) is -21.9. The molecule has 528 valence electrons. The maximum absolute atomic E-state index is 17.3. The maximum Gasteiger partial charge on any atom is 0.200 e. The minimum absolute atomic E-state index is 0.0143. The molecule has 13 aromatic rings. The number of anilines is 6. The van der Waals surface area contributed by atoms with Crippen LogP contribution in [0.4, 0.5) is 78.0 Å². The van der Waals surface area contributed by atoms with Gasteiger partial charge in [-0.2, -0.15) is 0 Å². The lowest BCUT2D eigenvalue weighted by Gasteiger charge is -2.41. The Morgan fingerprint density at radius 1 is 0.426 bits per heavy atom. The quantitative estimate of drug-likeness (QED) is 0.0573. The lowest BCUT2D eigenvalue weighted by molar-refractivity contribution is 0.284. The molecule has 5 atom stereocenters. The van der Waals surface area contributed by atoms with Gasteiger partial charge in [-0.3, -0.25) is 0 Å². The summed E-state index contributed by atoms with van der Waals surface area (Å²) < 4.78 is 165. The van der Waals surface area contributed by atoms with Crippen molar-refractivity contribution in [1.29, 1.82) is 0 Å². The number of hydrogen-bond acceptors (Lipinski definition) is 2. The molecule has 0 aliphatic heterocycles. The zero-order valence-corrected chi connectivity index (χ0v) is 58.0. The summed E-state index contributed by atoms with van der Waals surface area (Å²) in [4.78, 5) is 4.26. The van der Waals surface area contributed by atoms with Gasteiger partial charge in [-0.1, -0.05) is 250 Å². The molecule has 18 rings (SSSR count). The van der Waals surface area contributed by atoms with Crippen molar-refractivity contribution in [3.05, 3.63) is 406 Å². The fourth-order valence-corrected chi connectivity index (χ4v) is 18.4. The van der Waals surface area contributed by atoms with E-state index in [1.54, 1.807) is 60.7 Å². The molecule has 0 radical (unpaired) electrons. The van der Waals surface area contributed by atoms with Crippen LogP contribution in [0.3, 0.4) is 0 Å². The number of hydrogen-bond donors (Lipinski definition) is 0. The molecular weight excluding hydrogens is 1370 g/mol. The first-order chi connectivity index (χ1) is 52.6. The van der Waals surface area contributed by atoms with Gasteiger partial charge >= 0.3 is 0 Å². The van der Waals surface area contributed by atoms with Crippen LogP contribution in [0, 0.1) is 70.0 Å². The minimum atomic E-state index is -2.25. The predicted octanol–water partition coefficient (Wildman–Crippen LogP) is 26.5. The molecule has 0 aromatic heterocycles. The Kier molecular flexibility index (Phi) is 16.5. The van der Waals surface area contributed by atoms with Crippen LogP contribution in [0.5, 0.6) is 0 Å². The molecule has 0 fully saturated rings. The molecular formula is C96H64F10N2. The normalized spacial score (nSPS) is 18.6. The highest BCUT2D eigenvalue weighted by Gasteiger charge is 2.57. The maximum atomic E-state index is 17.3. The minimum Gasteiger partial charge on any atom is -0.310 e. The summed E-state index contributed by atoms with van der Waals surface area (Å²) in [5, 5.41) is 5.09. The molecule has 0 saturated heterocycles. The van der Waals surface area contributed by atoms with E-state index in [2.05, 4.69) is 77.6 Å². The molecule has 0 N–H and O–H groups in total. The summed E-state index contributed by atoms with van der Waals surface area (Å²) in [6, 6.07) is 70.1. The monoisotopic (exact) mass is 1430 g/mol. The van der Waals surface area contributed by atoms with Gasteiger partial charge in [-0.15, -0.1) is 0 Å². The molecule has 5 aliphatic rings. The number of halogens is 10. The van der Waals surface area contributed by atoms with Gasteiger partial charge in [-0.25, -0.2) is 43.9 Å². The van der Waals surface area contributed by atoms with Crippen molar-refractivity contribution in [2.24, 2.45) is 11.8 Å². The number of benzene rings is 13. The van der Waals surface area contributed by atoms with Gasteiger partial charge in [-0.05, 0) is 175 Å². The topological polar surface area (TPSA) is 6.48 Å². The molecule has 12 heteroatoms. The summed E-state index contributed by atoms with van der Waals surface area (Å²) in [5.41, 5.74) is 7.32. The summed E-state index contributed by atoms with van der Waals surface area (Å²) >= 11 is 0. The van der Waals surface area contributed by atoms with Crippen LogP contribution in [0.2, 0.25) is 0 Å². The number of nitrogens with zero attached hydrogens (tertiary/aromatic N) is 2. The van der Waals surface area contributed by atoms with E-state index in [1.165, 1.54) is 0 Å². The molecule has 5 unspecified atom stereocenters. The van der Waals surface area contributed by atoms with Gasteiger partial charge in [0.2, 0.25) is 11.6 Å². The van der Waals surface area contributed by atoms with Crippen LogP contribution in [0.15, 0.2) is 292 Å². The molecule has 0 heterocycles. The second kappa shape index (κ2) is 26.3. The van der Waals surface area contributed by atoms with Crippen molar-refractivity contribution in [2.45, 2.75) is 48.9 Å². The number of rotatable bonds is 15. The highest BCUT2D eigenvalue weighted by molar-refractivity contribution is 6.14. The van der Waals surface area contributed by atoms with E-state index in [-0.39, 0.29) is 12.8 Å². The van der Waals surface area contributed by atoms with Crippen molar-refractivity contribution in [1.82, 2.24) is 0 Å². The number of allylic oxidation sites excluding steroid dienone is 10. The first kappa shape index (κ1) is 67.6. The van der Waals surface area contributed by atoms with Gasteiger partial charge in [0.05, 0.1) is 22.5 Å². The fourth-order valence-electron chi connectivity index (χ4n) is 18.4. The third-order valence-electron chi connectivity index (χ3n) is 23.1. The van der Waals surface area contributed by atoms with E-state index in [0.29, 0.717) is 68.8 Å². The van der Waals surface area contributed by atoms with Crippen LogP contribution in [-0.4, -0.2) is 0 Å². The Hall–Kier alpha value is -12.3. The van der Waals surface area contributed by atoms with E-state index in [0.717, 1.165) is 89.2 Å². The van der Waals surface area contributed by atoms with E-state index in [4.69, 9.17) is 0 Å². The highest BCUT2D eigenvalue weighted by atomic mass is 19.2. The second-order valence-electron chi connectivity index (χ2n) is 28.5. The van der Waals surface area contributed by atoms with Crippen LogP contribution in [-0.2, 0) is 23.7 Å². The molecule has 0 saturated carbocycles. The van der Waals surface area contributed by atoms with E-state index in [1.807, 2.05) is 170 Å². The zero-order chi connectivity index (χ0) is 74.0. The van der Waals surface area contributed by atoms with E-state index >= 15 is 43.9 Å². The standard InChI is InChI=1S/C96H64F10N2/c1-3-55-35-39-57(40-36-55)53-95(83-85(97)89(101)93(105)90(102)86(83)98)75-31-15-13-27-69(75)71-45-43-61(51-77(71)95)107(79-33-17-21-59-19-5-7-23-63(59)79)81-49-47-67(65-25-9-11-29-73(65)81)68-48-50-82(74-30-12-10-26-66(68)74)108(80-34-18-22-60-20-6-8-24-64(60)80)62-44-46-72-70-28-14-16-32-76(70)96(78(72)52-62,54-58-41-37-56(4-2)38-42-58)84-87(99)91(103)94(106)92(104)88(84)100/h3-7,9-23,25-39,41-52,57,69,75H,1-2,8,24,40,53-54H2. The molecule has 0 bridgehead atoms. The lowest BCUT2D eigenvalue weighted by atomic mass is 9.62. The van der Waals surface area contributed by atoms with Crippen molar-refractivity contribution in [3.63, 3.8) is 0 Å². The van der Waals surface area contributed by atoms with Crippen LogP contribution < -0.4 is 9.80 Å². The highest BCUT2D eigenvalue weighted by Crippen LogP contribution is 2.63. The van der Waals surface area contributed by atoms with Gasteiger partial charge in [0.15, 0.2) is 46.5 Å². The SMILES string of the molecule is C=CC1=CCC(CC2(c3c(F)c(F)c(F)c(F)c3F)c3cc(N(c4cccc5ccccc45)c4ccc(-c5ccc(N(c6ccc7c(c6)C(Cc6ccc(C=C)cc6)(c6c(F)c(F)c(F)c(F)c6F)c6ccccc6-7)c6cccc7c6CCC=C7)c6ccccc56)c5ccccc45)ccc3C3C=CC=CC32)C=C1. The first-order valence-electron chi connectivity index (χ1n) is 36.0. The summed E-state index contributed by atoms with van der Waals surface area (Å²) in [7, 11) is 0. The molecule has 0 amide bonds.